The van der Waals surface area contributed by atoms with Crippen LogP contribution in [0.1, 0.15) is 79.8 Å². The zero-order chi connectivity index (χ0) is 25.5. The number of nitrogens with zero attached hydrogens (tertiary/aromatic N) is 5. The van der Waals surface area contributed by atoms with Crippen molar-refractivity contribution in [2.24, 2.45) is 0 Å². The molecule has 4 atom stereocenters. The lowest BCUT2D eigenvalue weighted by molar-refractivity contribution is -0.132. The van der Waals surface area contributed by atoms with Crippen LogP contribution in [0.5, 0.6) is 0 Å². The van der Waals surface area contributed by atoms with Gasteiger partial charge in [-0.05, 0) is 46.5 Å². The molecule has 0 spiro atoms. The fourth-order valence-corrected chi connectivity index (χ4v) is 5.29. The topological polar surface area (TPSA) is 117 Å². The summed E-state index contributed by atoms with van der Waals surface area (Å²) in [7, 11) is 0. The van der Waals surface area contributed by atoms with Crippen LogP contribution in [0.2, 0.25) is 0 Å². The molecule has 1 saturated heterocycles. The highest BCUT2D eigenvalue weighted by Crippen LogP contribution is 2.30. The minimum atomic E-state index is -0.390. The van der Waals surface area contributed by atoms with Gasteiger partial charge in [-0.25, -0.2) is 9.97 Å². The average Bonchev–Trinajstić information content (AvgIpc) is 3.32. The zero-order valence-corrected chi connectivity index (χ0v) is 22.1. The van der Waals surface area contributed by atoms with Gasteiger partial charge in [0.1, 0.15) is 12.4 Å². The Morgan fingerprint density at radius 2 is 1.83 bits per heavy atom. The first-order valence-electron chi connectivity index (χ1n) is 12.6. The van der Waals surface area contributed by atoms with Crippen LogP contribution < -0.4 is 16.0 Å². The lowest BCUT2D eigenvalue weighted by atomic mass is 9.84. The van der Waals surface area contributed by atoms with Crippen molar-refractivity contribution in [3.05, 3.63) is 18.1 Å². The largest absolute Gasteiger partial charge is 0.351 e. The Morgan fingerprint density at radius 3 is 2.49 bits per heavy atom. The smallest absolute Gasteiger partial charge is 0.245 e. The summed E-state index contributed by atoms with van der Waals surface area (Å²) in [6, 6.07) is 1.78. The summed E-state index contributed by atoms with van der Waals surface area (Å²) in [5.74, 6) is 0.499. The second-order valence-electron chi connectivity index (χ2n) is 12.0. The number of hydrogen-bond acceptors (Lipinski definition) is 7. The van der Waals surface area contributed by atoms with E-state index in [4.69, 9.17) is 5.10 Å². The molecule has 2 amide bonds. The van der Waals surface area contributed by atoms with E-state index in [-0.39, 0.29) is 34.9 Å². The van der Waals surface area contributed by atoms with Crippen LogP contribution in [0.4, 0.5) is 5.95 Å². The number of rotatable bonds is 5. The lowest BCUT2D eigenvalue weighted by Crippen LogP contribution is -2.59. The van der Waals surface area contributed by atoms with Crippen LogP contribution in [-0.4, -0.2) is 72.5 Å². The van der Waals surface area contributed by atoms with E-state index < -0.39 is 6.04 Å². The van der Waals surface area contributed by atoms with Gasteiger partial charge in [0.15, 0.2) is 5.65 Å². The quantitative estimate of drug-likeness (QED) is 0.596. The van der Waals surface area contributed by atoms with Crippen LogP contribution in [-0.2, 0) is 15.0 Å². The third kappa shape index (κ3) is 5.74. The molecular formula is C25H40N8O2. The van der Waals surface area contributed by atoms with Gasteiger partial charge in [-0.3, -0.25) is 9.59 Å². The number of hydrogen-bond donors (Lipinski definition) is 3. The zero-order valence-electron chi connectivity index (χ0n) is 22.1. The second kappa shape index (κ2) is 9.37. The molecule has 10 nitrogen and oxygen atoms in total. The minimum Gasteiger partial charge on any atom is -0.351 e. The Hall–Kier alpha value is -2.75. The van der Waals surface area contributed by atoms with Crippen LogP contribution >= 0.6 is 0 Å². The summed E-state index contributed by atoms with van der Waals surface area (Å²) in [6.45, 7) is 15.0. The van der Waals surface area contributed by atoms with Crippen molar-refractivity contribution in [1.82, 2.24) is 35.1 Å². The number of anilines is 1. The monoisotopic (exact) mass is 484 g/mol. The van der Waals surface area contributed by atoms with E-state index in [9.17, 15) is 9.59 Å². The fourth-order valence-electron chi connectivity index (χ4n) is 5.29. The van der Waals surface area contributed by atoms with Gasteiger partial charge in [-0.1, -0.05) is 20.8 Å². The number of carbonyl (C=O) groups is 2. The van der Waals surface area contributed by atoms with Gasteiger partial charge in [-0.2, -0.15) is 9.61 Å². The Morgan fingerprint density at radius 1 is 1.09 bits per heavy atom. The molecular weight excluding hydrogens is 444 g/mol. The first kappa shape index (κ1) is 25.3. The predicted octanol–water partition coefficient (Wildman–Crippen LogP) is 2.25. The molecule has 2 aliphatic rings. The Kier molecular flexibility index (Phi) is 6.78. The molecule has 10 heteroatoms. The molecule has 1 aliphatic carbocycles. The van der Waals surface area contributed by atoms with Crippen LogP contribution in [0.15, 0.2) is 12.4 Å². The van der Waals surface area contributed by atoms with E-state index in [1.807, 2.05) is 11.0 Å². The van der Waals surface area contributed by atoms with Gasteiger partial charge < -0.3 is 20.9 Å². The van der Waals surface area contributed by atoms with Crippen LogP contribution in [0.25, 0.3) is 5.65 Å². The van der Waals surface area contributed by atoms with Crippen molar-refractivity contribution in [3.63, 3.8) is 0 Å². The summed E-state index contributed by atoms with van der Waals surface area (Å²) < 4.78 is 1.68. The first-order chi connectivity index (χ1) is 16.3. The molecule has 2 aromatic heterocycles. The Labute approximate surface area is 207 Å². The molecule has 0 bridgehead atoms. The number of aromatic nitrogens is 4. The summed E-state index contributed by atoms with van der Waals surface area (Å²) in [4.78, 5) is 36.2. The molecule has 3 N–H and O–H groups in total. The number of carbonyl (C=O) groups excluding carboxylic acids is 2. The van der Waals surface area contributed by atoms with E-state index in [0.29, 0.717) is 30.6 Å². The highest BCUT2D eigenvalue weighted by molar-refractivity contribution is 5.87. The Balaban J connectivity index is 1.49. The fraction of sp³-hybridized carbons (Fsp3) is 0.720. The molecule has 192 valence electrons. The molecule has 1 unspecified atom stereocenters. The molecule has 2 fully saturated rings. The highest BCUT2D eigenvalue weighted by atomic mass is 16.2. The van der Waals surface area contributed by atoms with Gasteiger partial charge in [-0.15, -0.1) is 0 Å². The Bertz CT molecular complexity index is 1080. The van der Waals surface area contributed by atoms with Crippen LogP contribution in [0.3, 0.4) is 0 Å². The number of fused-ring (bicyclic) bond motifs is 1. The van der Waals surface area contributed by atoms with E-state index in [1.54, 1.807) is 11.4 Å². The lowest BCUT2D eigenvalue weighted by Gasteiger charge is -2.43. The molecule has 1 saturated carbocycles. The van der Waals surface area contributed by atoms with Crippen molar-refractivity contribution >= 4 is 23.4 Å². The maximum absolute atomic E-state index is 13.5. The maximum atomic E-state index is 13.5. The molecule has 0 radical (unpaired) electrons. The van der Waals surface area contributed by atoms with E-state index >= 15 is 0 Å². The highest BCUT2D eigenvalue weighted by Gasteiger charge is 2.42. The van der Waals surface area contributed by atoms with Gasteiger partial charge >= 0.3 is 0 Å². The summed E-state index contributed by atoms with van der Waals surface area (Å²) in [6.07, 6.45) is 4.79. The maximum Gasteiger partial charge on any atom is 0.245 e. The van der Waals surface area contributed by atoms with Gasteiger partial charge in [0, 0.05) is 36.5 Å². The average molecular weight is 485 g/mol. The molecule has 1 aliphatic heterocycles. The molecule has 0 aromatic carbocycles. The van der Waals surface area contributed by atoms with Gasteiger partial charge in [0.05, 0.1) is 17.8 Å². The summed E-state index contributed by atoms with van der Waals surface area (Å²) in [5.41, 5.74) is 1.49. The minimum absolute atomic E-state index is 0.00100. The van der Waals surface area contributed by atoms with Crippen molar-refractivity contribution < 1.29 is 9.59 Å². The summed E-state index contributed by atoms with van der Waals surface area (Å²) >= 11 is 0. The van der Waals surface area contributed by atoms with E-state index in [1.165, 1.54) is 6.33 Å². The molecule has 35 heavy (non-hydrogen) atoms. The third-order valence-corrected chi connectivity index (χ3v) is 6.81. The first-order valence-corrected chi connectivity index (χ1v) is 12.6. The predicted molar refractivity (Wildman–Crippen MR) is 135 cm³/mol. The van der Waals surface area contributed by atoms with Gasteiger partial charge in [0.25, 0.3) is 0 Å². The van der Waals surface area contributed by atoms with E-state index in [0.717, 1.165) is 25.0 Å². The number of amides is 2. The summed E-state index contributed by atoms with van der Waals surface area (Å²) in [5, 5.41) is 14.8. The molecule has 4 rings (SSSR count). The second-order valence-corrected chi connectivity index (χ2v) is 12.0. The number of nitrogens with one attached hydrogen (secondary N) is 3. The third-order valence-electron chi connectivity index (χ3n) is 6.81. The van der Waals surface area contributed by atoms with Crippen molar-refractivity contribution in [1.29, 1.82) is 0 Å². The standard InChI is InChI=1S/C25H40N8O2/c1-15(34)28-18-12-16(30-25(5,6)7)8-9-19(18)32-11-10-17(22(32)35)29-23-27-14-26-21-13-20(24(2,3)4)31-33(21)23/h13-14,16-19,30H,8-12H2,1-7H3,(H,28,34)(H,26,27,29)/t16-,17+,18-,19?/m1/s1. The molecule has 2 aromatic rings. The van der Waals surface area contributed by atoms with Crippen LogP contribution in [0, 0.1) is 0 Å². The molecule has 3 heterocycles. The van der Waals surface area contributed by atoms with Crippen molar-refractivity contribution in [2.75, 3.05) is 11.9 Å². The van der Waals surface area contributed by atoms with E-state index in [2.05, 4.69) is 67.5 Å². The van der Waals surface area contributed by atoms with Crippen molar-refractivity contribution in [2.45, 2.75) is 109 Å². The number of likely N-dealkylation sites (tertiary alicyclic amines) is 1. The van der Waals surface area contributed by atoms with Gasteiger partial charge in [0.2, 0.25) is 17.8 Å². The normalized spacial score (nSPS) is 25.8. The van der Waals surface area contributed by atoms with Crippen molar-refractivity contribution in [3.8, 4) is 0 Å². The SMILES string of the molecule is CC(=O)N[C@@H]1C[C@H](NC(C)(C)C)CCC1N1CC[C@H](Nc2ncnc3cc(C(C)(C)C)nn23)C1=O.